The highest BCUT2D eigenvalue weighted by atomic mass is 35.5. The van der Waals surface area contributed by atoms with Gasteiger partial charge >= 0.3 is 0 Å². The van der Waals surface area contributed by atoms with Crippen LogP contribution in [0.3, 0.4) is 0 Å². The number of aliphatic hydroxyl groups excluding tert-OH is 2. The van der Waals surface area contributed by atoms with Gasteiger partial charge in [-0.25, -0.2) is 0 Å². The molecule has 2 aromatic carbocycles. The average Bonchev–Trinajstić information content (AvgIpc) is 2.40. The summed E-state index contributed by atoms with van der Waals surface area (Å²) >= 11 is 5.87. The van der Waals surface area contributed by atoms with E-state index in [1.165, 1.54) is 0 Å². The van der Waals surface area contributed by atoms with Crippen LogP contribution in [0.1, 0.15) is 11.1 Å². The Labute approximate surface area is 111 Å². The first-order chi connectivity index (χ1) is 8.76. The van der Waals surface area contributed by atoms with Gasteiger partial charge in [0.2, 0.25) is 0 Å². The van der Waals surface area contributed by atoms with Crippen LogP contribution >= 0.6 is 11.6 Å². The van der Waals surface area contributed by atoms with Crippen LogP contribution in [0.25, 0.3) is 11.1 Å². The van der Waals surface area contributed by atoms with Crippen molar-refractivity contribution < 1.29 is 10.2 Å². The van der Waals surface area contributed by atoms with Crippen LogP contribution in [-0.2, 0) is 13.0 Å². The summed E-state index contributed by atoms with van der Waals surface area (Å²) in [5.74, 6) is 0. The lowest BCUT2D eigenvalue weighted by molar-refractivity contribution is 0.276. The van der Waals surface area contributed by atoms with E-state index < -0.39 is 0 Å². The molecule has 0 atom stereocenters. The lowest BCUT2D eigenvalue weighted by atomic mass is 9.94. The standard InChI is InChI=1S/C15H15ClO2/c16-13-6-4-12(5-7-13)14-3-1-2-11(8-9-17)15(14)10-18/h1-7,17-18H,8-10H2. The molecule has 2 N–H and O–H groups in total. The van der Waals surface area contributed by atoms with Crippen molar-refractivity contribution in [1.82, 2.24) is 0 Å². The summed E-state index contributed by atoms with van der Waals surface area (Å²) in [4.78, 5) is 0. The van der Waals surface area contributed by atoms with Gasteiger partial charge in [0.15, 0.2) is 0 Å². The number of rotatable bonds is 4. The molecule has 2 rings (SSSR count). The minimum Gasteiger partial charge on any atom is -0.396 e. The first-order valence-corrected chi connectivity index (χ1v) is 6.22. The van der Waals surface area contributed by atoms with Gasteiger partial charge in [0.25, 0.3) is 0 Å². The molecule has 0 aliphatic rings. The predicted molar refractivity (Wildman–Crippen MR) is 73.6 cm³/mol. The van der Waals surface area contributed by atoms with Gasteiger partial charge in [0.05, 0.1) is 6.61 Å². The van der Waals surface area contributed by atoms with Crippen molar-refractivity contribution >= 4 is 11.6 Å². The fourth-order valence-corrected chi connectivity index (χ4v) is 2.20. The highest BCUT2D eigenvalue weighted by Gasteiger charge is 2.08. The van der Waals surface area contributed by atoms with Gasteiger partial charge in [-0.1, -0.05) is 41.9 Å². The quantitative estimate of drug-likeness (QED) is 0.889. The molecule has 0 fully saturated rings. The lowest BCUT2D eigenvalue weighted by Crippen LogP contribution is -2.00. The molecule has 94 valence electrons. The van der Waals surface area contributed by atoms with Crippen molar-refractivity contribution in [3.63, 3.8) is 0 Å². The summed E-state index contributed by atoms with van der Waals surface area (Å²) in [7, 11) is 0. The number of aliphatic hydroxyl groups is 2. The summed E-state index contributed by atoms with van der Waals surface area (Å²) in [6.45, 7) is 0.0468. The zero-order valence-corrected chi connectivity index (χ0v) is 10.7. The number of benzene rings is 2. The molecule has 0 saturated heterocycles. The number of hydrogen-bond donors (Lipinski definition) is 2. The molecule has 0 bridgehead atoms. The van der Waals surface area contributed by atoms with Gasteiger partial charge in [-0.15, -0.1) is 0 Å². The van der Waals surface area contributed by atoms with Gasteiger partial charge in [0.1, 0.15) is 0 Å². The highest BCUT2D eigenvalue weighted by Crippen LogP contribution is 2.27. The molecule has 0 aliphatic carbocycles. The smallest absolute Gasteiger partial charge is 0.0690 e. The Morgan fingerprint density at radius 1 is 0.944 bits per heavy atom. The molecule has 0 aromatic heterocycles. The number of halogens is 1. The van der Waals surface area contributed by atoms with Crippen LogP contribution in [0.2, 0.25) is 5.02 Å². The molecule has 2 aromatic rings. The van der Waals surface area contributed by atoms with Gasteiger partial charge in [0, 0.05) is 11.6 Å². The Hall–Kier alpha value is -1.35. The molecular formula is C15H15ClO2. The van der Waals surface area contributed by atoms with E-state index in [0.717, 1.165) is 22.3 Å². The Balaban J connectivity index is 2.49. The summed E-state index contributed by atoms with van der Waals surface area (Å²) in [5, 5.41) is 19.3. The van der Waals surface area contributed by atoms with E-state index in [0.29, 0.717) is 11.4 Å². The van der Waals surface area contributed by atoms with Crippen LogP contribution in [0.15, 0.2) is 42.5 Å². The summed E-state index contributed by atoms with van der Waals surface area (Å²) in [6, 6.07) is 13.4. The fourth-order valence-electron chi connectivity index (χ4n) is 2.08. The second kappa shape index (κ2) is 6.01. The average molecular weight is 263 g/mol. The monoisotopic (exact) mass is 262 g/mol. The topological polar surface area (TPSA) is 40.5 Å². The van der Waals surface area contributed by atoms with Crippen molar-refractivity contribution in [3.05, 3.63) is 58.6 Å². The van der Waals surface area contributed by atoms with E-state index >= 15 is 0 Å². The van der Waals surface area contributed by atoms with E-state index in [4.69, 9.17) is 16.7 Å². The summed E-state index contributed by atoms with van der Waals surface area (Å²) < 4.78 is 0. The van der Waals surface area contributed by atoms with Crippen molar-refractivity contribution in [1.29, 1.82) is 0 Å². The SMILES string of the molecule is OCCc1cccc(-c2ccc(Cl)cc2)c1CO. The number of hydrogen-bond acceptors (Lipinski definition) is 2. The minimum atomic E-state index is -0.0336. The van der Waals surface area contributed by atoms with E-state index in [-0.39, 0.29) is 13.2 Å². The highest BCUT2D eigenvalue weighted by molar-refractivity contribution is 6.30. The molecule has 0 radical (unpaired) electrons. The van der Waals surface area contributed by atoms with Crippen LogP contribution in [0, 0.1) is 0 Å². The Bertz CT molecular complexity index is 521. The molecule has 2 nitrogen and oxygen atoms in total. The Kier molecular flexibility index (Phi) is 4.37. The van der Waals surface area contributed by atoms with Crippen LogP contribution < -0.4 is 0 Å². The van der Waals surface area contributed by atoms with Crippen molar-refractivity contribution in [2.45, 2.75) is 13.0 Å². The third-order valence-corrected chi connectivity index (χ3v) is 3.22. The summed E-state index contributed by atoms with van der Waals surface area (Å²) in [6.07, 6.45) is 0.553. The first kappa shape index (κ1) is 13.1. The lowest BCUT2D eigenvalue weighted by Gasteiger charge is -2.12. The molecule has 0 heterocycles. The van der Waals surface area contributed by atoms with Crippen molar-refractivity contribution in [3.8, 4) is 11.1 Å². The maximum atomic E-state index is 9.53. The molecule has 0 unspecified atom stereocenters. The Morgan fingerprint density at radius 3 is 2.28 bits per heavy atom. The van der Waals surface area contributed by atoms with Gasteiger partial charge < -0.3 is 10.2 Å². The second-order valence-electron chi connectivity index (χ2n) is 4.08. The van der Waals surface area contributed by atoms with Crippen molar-refractivity contribution in [2.75, 3.05) is 6.61 Å². The zero-order chi connectivity index (χ0) is 13.0. The van der Waals surface area contributed by atoms with Crippen LogP contribution in [0.4, 0.5) is 0 Å². The van der Waals surface area contributed by atoms with E-state index in [1.807, 2.05) is 42.5 Å². The van der Waals surface area contributed by atoms with Gasteiger partial charge in [-0.3, -0.25) is 0 Å². The Morgan fingerprint density at radius 2 is 1.67 bits per heavy atom. The molecule has 0 spiro atoms. The third-order valence-electron chi connectivity index (χ3n) is 2.97. The van der Waals surface area contributed by atoms with Gasteiger partial charge in [-0.2, -0.15) is 0 Å². The normalized spacial score (nSPS) is 10.6. The maximum absolute atomic E-state index is 9.53. The summed E-state index contributed by atoms with van der Waals surface area (Å²) in [5.41, 5.74) is 3.85. The molecule has 0 aliphatic heterocycles. The van der Waals surface area contributed by atoms with E-state index in [2.05, 4.69) is 0 Å². The predicted octanol–water partition coefficient (Wildman–Crippen LogP) is 3.03. The third kappa shape index (κ3) is 2.72. The van der Waals surface area contributed by atoms with E-state index in [1.54, 1.807) is 0 Å². The molecular weight excluding hydrogens is 248 g/mol. The molecule has 0 amide bonds. The second-order valence-corrected chi connectivity index (χ2v) is 4.52. The van der Waals surface area contributed by atoms with Gasteiger partial charge in [-0.05, 0) is 40.8 Å². The largest absolute Gasteiger partial charge is 0.396 e. The first-order valence-electron chi connectivity index (χ1n) is 5.84. The van der Waals surface area contributed by atoms with Crippen LogP contribution in [0.5, 0.6) is 0 Å². The molecule has 0 saturated carbocycles. The zero-order valence-electron chi connectivity index (χ0n) is 9.94. The molecule has 18 heavy (non-hydrogen) atoms. The van der Waals surface area contributed by atoms with E-state index in [9.17, 15) is 5.11 Å². The van der Waals surface area contributed by atoms with Crippen LogP contribution in [-0.4, -0.2) is 16.8 Å². The maximum Gasteiger partial charge on any atom is 0.0690 e. The fraction of sp³-hybridized carbons (Fsp3) is 0.200. The minimum absolute atomic E-state index is 0.0336. The molecule has 3 heteroatoms. The van der Waals surface area contributed by atoms with Crippen molar-refractivity contribution in [2.24, 2.45) is 0 Å².